The number of hydrogen-bond acceptors (Lipinski definition) is 3. The van der Waals surface area contributed by atoms with Crippen molar-refractivity contribution in [2.24, 2.45) is 11.3 Å². The summed E-state index contributed by atoms with van der Waals surface area (Å²) < 4.78 is 0. The Morgan fingerprint density at radius 3 is 1.87 bits per heavy atom. The molecule has 0 atom stereocenters. The van der Waals surface area contributed by atoms with Gasteiger partial charge < -0.3 is 10.2 Å². The van der Waals surface area contributed by atoms with E-state index in [9.17, 15) is 14.4 Å². The molecule has 0 saturated heterocycles. The second-order valence-corrected chi connectivity index (χ2v) is 4.06. The van der Waals surface area contributed by atoms with Crippen molar-refractivity contribution < 1.29 is 24.6 Å². The zero-order valence-corrected chi connectivity index (χ0v) is 8.52. The van der Waals surface area contributed by atoms with Crippen molar-refractivity contribution in [3.05, 3.63) is 0 Å². The van der Waals surface area contributed by atoms with Crippen molar-refractivity contribution in [2.45, 2.75) is 32.6 Å². The molecular weight excluding hydrogens is 200 g/mol. The van der Waals surface area contributed by atoms with Gasteiger partial charge in [-0.1, -0.05) is 0 Å². The second-order valence-electron chi connectivity index (χ2n) is 4.06. The predicted octanol–water partition coefficient (Wildman–Crippen LogP) is 0.921. The maximum atomic E-state index is 11.3. The van der Waals surface area contributed by atoms with E-state index in [1.165, 1.54) is 6.92 Å². The first-order valence-corrected chi connectivity index (χ1v) is 4.87. The Morgan fingerprint density at radius 1 is 1.13 bits per heavy atom. The van der Waals surface area contributed by atoms with Gasteiger partial charge in [0.15, 0.2) is 0 Å². The summed E-state index contributed by atoms with van der Waals surface area (Å²) in [6.07, 6.45) is 0.797. The molecule has 5 heteroatoms. The van der Waals surface area contributed by atoms with Crippen molar-refractivity contribution in [2.75, 3.05) is 0 Å². The van der Waals surface area contributed by atoms with Crippen LogP contribution in [0.1, 0.15) is 32.6 Å². The van der Waals surface area contributed by atoms with Crippen LogP contribution in [-0.2, 0) is 14.4 Å². The molecule has 0 heterocycles. The number of aliphatic carboxylic acids is 2. The zero-order chi connectivity index (χ0) is 11.6. The monoisotopic (exact) mass is 214 g/mol. The Morgan fingerprint density at radius 2 is 1.60 bits per heavy atom. The third-order valence-corrected chi connectivity index (χ3v) is 3.27. The summed E-state index contributed by atoms with van der Waals surface area (Å²) in [6, 6.07) is 0. The Balaban J connectivity index is 2.79. The minimum atomic E-state index is -1.34. The van der Waals surface area contributed by atoms with Crippen LogP contribution in [0.15, 0.2) is 0 Å². The summed E-state index contributed by atoms with van der Waals surface area (Å²) in [6.45, 7) is 1.26. The molecule has 1 aliphatic carbocycles. The molecule has 1 rings (SSSR count). The second kappa shape index (κ2) is 4.00. The standard InChI is InChI=1S/C10H14O5/c1-6(11)10(9(14)15)4-2-7(3-5-10)8(12)13/h7H,2-5H2,1H3,(H,12,13)(H,14,15). The molecule has 0 aromatic carbocycles. The number of carbonyl (C=O) groups excluding carboxylic acids is 1. The van der Waals surface area contributed by atoms with Crippen molar-refractivity contribution in [1.82, 2.24) is 0 Å². The number of carbonyl (C=O) groups is 3. The van der Waals surface area contributed by atoms with Gasteiger partial charge in [0.2, 0.25) is 0 Å². The average molecular weight is 214 g/mol. The SMILES string of the molecule is CC(=O)C1(C(=O)O)CCC(C(=O)O)CC1. The van der Waals surface area contributed by atoms with Gasteiger partial charge in [-0.15, -0.1) is 0 Å². The molecule has 5 nitrogen and oxygen atoms in total. The van der Waals surface area contributed by atoms with E-state index < -0.39 is 23.3 Å². The van der Waals surface area contributed by atoms with Gasteiger partial charge in [0.1, 0.15) is 11.2 Å². The molecule has 0 spiro atoms. The van der Waals surface area contributed by atoms with E-state index >= 15 is 0 Å². The fourth-order valence-electron chi connectivity index (χ4n) is 2.07. The summed E-state index contributed by atoms with van der Waals surface area (Å²) in [4.78, 5) is 33.0. The molecule has 0 aromatic rings. The Labute approximate surface area is 87.1 Å². The van der Waals surface area contributed by atoms with Gasteiger partial charge in [0.25, 0.3) is 0 Å². The van der Waals surface area contributed by atoms with Crippen molar-refractivity contribution in [3.63, 3.8) is 0 Å². The van der Waals surface area contributed by atoms with E-state index in [1.807, 2.05) is 0 Å². The lowest BCUT2D eigenvalue weighted by atomic mass is 9.68. The van der Waals surface area contributed by atoms with E-state index in [4.69, 9.17) is 10.2 Å². The maximum absolute atomic E-state index is 11.3. The molecule has 15 heavy (non-hydrogen) atoms. The first-order valence-electron chi connectivity index (χ1n) is 4.87. The molecule has 0 aliphatic heterocycles. The van der Waals surface area contributed by atoms with Crippen LogP contribution in [0.5, 0.6) is 0 Å². The van der Waals surface area contributed by atoms with E-state index in [0.717, 1.165) is 0 Å². The van der Waals surface area contributed by atoms with E-state index in [1.54, 1.807) is 0 Å². The summed E-state index contributed by atoms with van der Waals surface area (Å²) >= 11 is 0. The highest BCUT2D eigenvalue weighted by Crippen LogP contribution is 2.40. The Hall–Kier alpha value is -1.39. The molecule has 84 valence electrons. The number of hydrogen-bond donors (Lipinski definition) is 2. The third kappa shape index (κ3) is 2.00. The van der Waals surface area contributed by atoms with Crippen LogP contribution in [0.25, 0.3) is 0 Å². The maximum Gasteiger partial charge on any atom is 0.317 e. The van der Waals surface area contributed by atoms with E-state index in [-0.39, 0.29) is 31.5 Å². The smallest absolute Gasteiger partial charge is 0.317 e. The van der Waals surface area contributed by atoms with Gasteiger partial charge in [0.05, 0.1) is 5.92 Å². The van der Waals surface area contributed by atoms with E-state index in [0.29, 0.717) is 0 Å². The molecule has 0 aromatic heterocycles. The highest BCUT2D eigenvalue weighted by molar-refractivity contribution is 6.02. The fourth-order valence-corrected chi connectivity index (χ4v) is 2.07. The fraction of sp³-hybridized carbons (Fsp3) is 0.700. The van der Waals surface area contributed by atoms with Crippen LogP contribution < -0.4 is 0 Å². The molecular formula is C10H14O5. The molecule has 0 unspecified atom stereocenters. The minimum Gasteiger partial charge on any atom is -0.481 e. The lowest BCUT2D eigenvalue weighted by Gasteiger charge is -2.33. The van der Waals surface area contributed by atoms with Crippen molar-refractivity contribution in [3.8, 4) is 0 Å². The molecule has 1 saturated carbocycles. The van der Waals surface area contributed by atoms with Gasteiger partial charge in [0, 0.05) is 0 Å². The van der Waals surface area contributed by atoms with Gasteiger partial charge in [-0.3, -0.25) is 14.4 Å². The number of carboxylic acids is 2. The van der Waals surface area contributed by atoms with Crippen LogP contribution in [0, 0.1) is 11.3 Å². The zero-order valence-electron chi connectivity index (χ0n) is 8.52. The Kier molecular flexibility index (Phi) is 3.12. The molecule has 2 N–H and O–H groups in total. The van der Waals surface area contributed by atoms with Gasteiger partial charge >= 0.3 is 11.9 Å². The number of ketones is 1. The predicted molar refractivity (Wildman–Crippen MR) is 50.3 cm³/mol. The highest BCUT2D eigenvalue weighted by Gasteiger charge is 2.47. The lowest BCUT2D eigenvalue weighted by Crippen LogP contribution is -2.42. The quantitative estimate of drug-likeness (QED) is 0.681. The van der Waals surface area contributed by atoms with Crippen LogP contribution >= 0.6 is 0 Å². The van der Waals surface area contributed by atoms with Gasteiger partial charge in [-0.05, 0) is 32.6 Å². The molecule has 0 bridgehead atoms. The molecule has 0 amide bonds. The van der Waals surface area contributed by atoms with Gasteiger partial charge in [-0.25, -0.2) is 0 Å². The topological polar surface area (TPSA) is 91.7 Å². The molecule has 0 radical (unpaired) electrons. The summed E-state index contributed by atoms with van der Waals surface area (Å²) in [5.74, 6) is -2.91. The number of carboxylic acid groups (broad SMARTS) is 2. The van der Waals surface area contributed by atoms with Crippen LogP contribution in [0.2, 0.25) is 0 Å². The first-order chi connectivity index (χ1) is 6.90. The lowest BCUT2D eigenvalue weighted by molar-refractivity contribution is -0.160. The number of Topliss-reactive ketones (excluding diaryl/α,β-unsaturated/α-hetero) is 1. The van der Waals surface area contributed by atoms with Gasteiger partial charge in [-0.2, -0.15) is 0 Å². The average Bonchev–Trinajstić information content (AvgIpc) is 2.17. The van der Waals surface area contributed by atoms with Crippen LogP contribution in [0.3, 0.4) is 0 Å². The van der Waals surface area contributed by atoms with Crippen molar-refractivity contribution in [1.29, 1.82) is 0 Å². The normalized spacial score (nSPS) is 30.9. The molecule has 1 fully saturated rings. The largest absolute Gasteiger partial charge is 0.481 e. The van der Waals surface area contributed by atoms with Crippen LogP contribution in [-0.4, -0.2) is 27.9 Å². The van der Waals surface area contributed by atoms with Crippen molar-refractivity contribution >= 4 is 17.7 Å². The highest BCUT2D eigenvalue weighted by atomic mass is 16.4. The number of rotatable bonds is 3. The van der Waals surface area contributed by atoms with E-state index in [2.05, 4.69) is 0 Å². The summed E-state index contributed by atoms with van der Waals surface area (Å²) in [5, 5.41) is 17.8. The summed E-state index contributed by atoms with van der Waals surface area (Å²) in [5.41, 5.74) is -1.34. The minimum absolute atomic E-state index is 0.134. The molecule has 1 aliphatic rings. The Bertz CT molecular complexity index is 283. The summed E-state index contributed by atoms with van der Waals surface area (Å²) in [7, 11) is 0. The van der Waals surface area contributed by atoms with Crippen LogP contribution in [0.4, 0.5) is 0 Å². The third-order valence-electron chi connectivity index (χ3n) is 3.27. The first kappa shape index (κ1) is 11.7.